The fourth-order valence-electron chi connectivity index (χ4n) is 3.19. The molecule has 0 amide bonds. The minimum Gasteiger partial charge on any atom is -0.494 e. The molecule has 0 unspecified atom stereocenters. The zero-order chi connectivity index (χ0) is 18.3. The van der Waals surface area contributed by atoms with Crippen LogP contribution in [0.15, 0.2) is 54.6 Å². The van der Waals surface area contributed by atoms with Gasteiger partial charge >= 0.3 is 0 Å². The van der Waals surface area contributed by atoms with Gasteiger partial charge < -0.3 is 9.84 Å². The first-order valence-electron chi connectivity index (χ1n) is 10.3. The van der Waals surface area contributed by atoms with E-state index in [1.807, 2.05) is 6.07 Å². The standard InChI is InChI=1S/C24H34O2/c25-20-12-7-5-3-1-2-4-6-8-13-21-26-24-18-16-23(17-19-24)22-14-10-9-11-15-22/h9-11,14-19,25H,1-8,12-13,20-21H2. The van der Waals surface area contributed by atoms with Crippen molar-refractivity contribution in [2.45, 2.75) is 64.2 Å². The maximum atomic E-state index is 8.73. The number of unbranched alkanes of at least 4 members (excludes halogenated alkanes) is 9. The van der Waals surface area contributed by atoms with E-state index in [0.717, 1.165) is 25.2 Å². The molecule has 26 heavy (non-hydrogen) atoms. The van der Waals surface area contributed by atoms with Crippen molar-refractivity contribution < 1.29 is 9.84 Å². The van der Waals surface area contributed by atoms with Crippen LogP contribution in [0.3, 0.4) is 0 Å². The van der Waals surface area contributed by atoms with Crippen LogP contribution in [0.25, 0.3) is 11.1 Å². The van der Waals surface area contributed by atoms with Gasteiger partial charge in [0.25, 0.3) is 0 Å². The summed E-state index contributed by atoms with van der Waals surface area (Å²) in [5.41, 5.74) is 2.47. The van der Waals surface area contributed by atoms with E-state index in [0.29, 0.717) is 6.61 Å². The lowest BCUT2D eigenvalue weighted by Crippen LogP contribution is -1.97. The van der Waals surface area contributed by atoms with E-state index < -0.39 is 0 Å². The largest absolute Gasteiger partial charge is 0.494 e. The normalized spacial score (nSPS) is 10.8. The highest BCUT2D eigenvalue weighted by molar-refractivity contribution is 5.63. The molecular formula is C24H34O2. The van der Waals surface area contributed by atoms with Crippen molar-refractivity contribution in [2.24, 2.45) is 0 Å². The number of hydrogen-bond donors (Lipinski definition) is 1. The van der Waals surface area contributed by atoms with Crippen LogP contribution in [0.4, 0.5) is 0 Å². The lowest BCUT2D eigenvalue weighted by Gasteiger charge is -2.07. The summed E-state index contributed by atoms with van der Waals surface area (Å²) in [5.74, 6) is 0.965. The van der Waals surface area contributed by atoms with Gasteiger partial charge in [0.05, 0.1) is 6.61 Å². The Kier molecular flexibility index (Phi) is 10.6. The van der Waals surface area contributed by atoms with Crippen LogP contribution in [0.2, 0.25) is 0 Å². The quantitative estimate of drug-likeness (QED) is 0.386. The first kappa shape index (κ1) is 20.5. The summed E-state index contributed by atoms with van der Waals surface area (Å²) < 4.78 is 5.86. The molecule has 0 atom stereocenters. The molecule has 0 fully saturated rings. The molecule has 0 aliphatic rings. The van der Waals surface area contributed by atoms with Crippen LogP contribution in [-0.4, -0.2) is 18.3 Å². The topological polar surface area (TPSA) is 29.5 Å². The van der Waals surface area contributed by atoms with E-state index in [1.54, 1.807) is 0 Å². The predicted octanol–water partition coefficient (Wildman–Crippen LogP) is 6.63. The summed E-state index contributed by atoms with van der Waals surface area (Å²) >= 11 is 0. The molecule has 142 valence electrons. The maximum absolute atomic E-state index is 8.73. The number of hydrogen-bond acceptors (Lipinski definition) is 2. The fourth-order valence-corrected chi connectivity index (χ4v) is 3.19. The SMILES string of the molecule is OCCCCCCCCCCCCOc1ccc(-c2ccccc2)cc1. The molecule has 0 radical (unpaired) electrons. The van der Waals surface area contributed by atoms with Gasteiger partial charge in [0.15, 0.2) is 0 Å². The molecule has 0 spiro atoms. The molecule has 0 aliphatic heterocycles. The molecule has 0 heterocycles. The van der Waals surface area contributed by atoms with Gasteiger partial charge in [0.1, 0.15) is 5.75 Å². The molecule has 2 nitrogen and oxygen atoms in total. The second kappa shape index (κ2) is 13.4. The number of ether oxygens (including phenoxy) is 1. The summed E-state index contributed by atoms with van der Waals surface area (Å²) in [6.07, 6.45) is 12.5. The van der Waals surface area contributed by atoms with Gasteiger partial charge in [-0.1, -0.05) is 93.8 Å². The zero-order valence-corrected chi connectivity index (χ0v) is 16.0. The number of aliphatic hydroxyl groups is 1. The van der Waals surface area contributed by atoms with Crippen molar-refractivity contribution in [1.29, 1.82) is 0 Å². The molecule has 0 aliphatic carbocycles. The molecule has 0 saturated heterocycles. The summed E-state index contributed by atoms with van der Waals surface area (Å²) in [7, 11) is 0. The number of benzene rings is 2. The molecule has 2 aromatic carbocycles. The second-order valence-corrected chi connectivity index (χ2v) is 7.00. The van der Waals surface area contributed by atoms with Gasteiger partial charge in [0.2, 0.25) is 0 Å². The zero-order valence-electron chi connectivity index (χ0n) is 16.0. The van der Waals surface area contributed by atoms with Crippen molar-refractivity contribution in [1.82, 2.24) is 0 Å². The predicted molar refractivity (Wildman–Crippen MR) is 111 cm³/mol. The lowest BCUT2D eigenvalue weighted by molar-refractivity contribution is 0.282. The fraction of sp³-hybridized carbons (Fsp3) is 0.500. The van der Waals surface area contributed by atoms with Crippen LogP contribution < -0.4 is 4.74 Å². The highest BCUT2D eigenvalue weighted by Crippen LogP contribution is 2.22. The molecule has 2 rings (SSSR count). The monoisotopic (exact) mass is 354 g/mol. The third-order valence-corrected chi connectivity index (χ3v) is 4.78. The van der Waals surface area contributed by atoms with Crippen LogP contribution in [0.1, 0.15) is 64.2 Å². The van der Waals surface area contributed by atoms with Crippen LogP contribution >= 0.6 is 0 Å². The minimum absolute atomic E-state index is 0.346. The van der Waals surface area contributed by atoms with Gasteiger partial charge in [-0.25, -0.2) is 0 Å². The van der Waals surface area contributed by atoms with Crippen molar-refractivity contribution in [3.8, 4) is 16.9 Å². The van der Waals surface area contributed by atoms with E-state index >= 15 is 0 Å². The van der Waals surface area contributed by atoms with Crippen molar-refractivity contribution in [3.63, 3.8) is 0 Å². The smallest absolute Gasteiger partial charge is 0.119 e. The average molecular weight is 355 g/mol. The van der Waals surface area contributed by atoms with E-state index in [1.165, 1.54) is 62.5 Å². The summed E-state index contributed by atoms with van der Waals surface area (Å²) in [6.45, 7) is 1.16. The minimum atomic E-state index is 0.346. The number of rotatable bonds is 14. The first-order chi connectivity index (χ1) is 12.9. The maximum Gasteiger partial charge on any atom is 0.119 e. The Morgan fingerprint density at radius 2 is 1.04 bits per heavy atom. The average Bonchev–Trinajstić information content (AvgIpc) is 2.70. The molecule has 0 bridgehead atoms. The van der Waals surface area contributed by atoms with Crippen molar-refractivity contribution in [2.75, 3.05) is 13.2 Å². The summed E-state index contributed by atoms with van der Waals surface area (Å²) in [4.78, 5) is 0. The number of aliphatic hydroxyl groups excluding tert-OH is 1. The molecule has 1 N–H and O–H groups in total. The highest BCUT2D eigenvalue weighted by atomic mass is 16.5. The van der Waals surface area contributed by atoms with Gasteiger partial charge in [0, 0.05) is 6.61 Å². The first-order valence-corrected chi connectivity index (χ1v) is 10.3. The summed E-state index contributed by atoms with van der Waals surface area (Å²) in [6, 6.07) is 18.8. The van der Waals surface area contributed by atoms with Crippen molar-refractivity contribution >= 4 is 0 Å². The molecule has 0 saturated carbocycles. The van der Waals surface area contributed by atoms with E-state index in [9.17, 15) is 0 Å². The summed E-state index contributed by atoms with van der Waals surface area (Å²) in [5, 5.41) is 8.73. The Hall–Kier alpha value is -1.80. The van der Waals surface area contributed by atoms with Crippen LogP contribution in [0.5, 0.6) is 5.75 Å². The van der Waals surface area contributed by atoms with Gasteiger partial charge in [-0.05, 0) is 36.1 Å². The second-order valence-electron chi connectivity index (χ2n) is 7.00. The third-order valence-electron chi connectivity index (χ3n) is 4.78. The molecule has 2 heteroatoms. The lowest BCUT2D eigenvalue weighted by atomic mass is 10.1. The Bertz CT molecular complexity index is 563. The van der Waals surface area contributed by atoms with E-state index in [2.05, 4.69) is 48.5 Å². The van der Waals surface area contributed by atoms with Crippen LogP contribution in [-0.2, 0) is 0 Å². The third kappa shape index (κ3) is 8.53. The van der Waals surface area contributed by atoms with Gasteiger partial charge in [-0.2, -0.15) is 0 Å². The Morgan fingerprint density at radius 1 is 0.538 bits per heavy atom. The van der Waals surface area contributed by atoms with Crippen molar-refractivity contribution in [3.05, 3.63) is 54.6 Å². The van der Waals surface area contributed by atoms with Gasteiger partial charge in [-0.15, -0.1) is 0 Å². The van der Waals surface area contributed by atoms with E-state index in [4.69, 9.17) is 9.84 Å². The highest BCUT2D eigenvalue weighted by Gasteiger charge is 1.98. The Labute approximate surface area is 159 Å². The van der Waals surface area contributed by atoms with Crippen LogP contribution in [0, 0.1) is 0 Å². The molecule has 0 aromatic heterocycles. The van der Waals surface area contributed by atoms with Gasteiger partial charge in [-0.3, -0.25) is 0 Å². The Morgan fingerprint density at radius 3 is 1.62 bits per heavy atom. The molecule has 2 aromatic rings. The molecular weight excluding hydrogens is 320 g/mol. The van der Waals surface area contributed by atoms with E-state index in [-0.39, 0.29) is 0 Å². The Balaban J connectivity index is 1.47.